The molecule has 0 unspecified atom stereocenters. The molecule has 1 N–H and O–H groups in total. The summed E-state index contributed by atoms with van der Waals surface area (Å²) in [4.78, 5) is 29.6. The van der Waals surface area contributed by atoms with Gasteiger partial charge in [-0.3, -0.25) is 14.5 Å². The van der Waals surface area contributed by atoms with Crippen LogP contribution >= 0.6 is 0 Å². The summed E-state index contributed by atoms with van der Waals surface area (Å²) < 4.78 is 17.2. The summed E-state index contributed by atoms with van der Waals surface area (Å²) >= 11 is 0. The lowest BCUT2D eigenvalue weighted by atomic mass is 10.0. The minimum absolute atomic E-state index is 0.0350. The Labute approximate surface area is 227 Å². The van der Waals surface area contributed by atoms with Gasteiger partial charge in [-0.1, -0.05) is 72.3 Å². The second-order valence-corrected chi connectivity index (χ2v) is 9.29. The molecule has 1 aliphatic heterocycles. The molecule has 0 aromatic heterocycles. The van der Waals surface area contributed by atoms with Crippen molar-refractivity contribution in [3.8, 4) is 17.2 Å². The van der Waals surface area contributed by atoms with Gasteiger partial charge in [0.25, 0.3) is 5.91 Å². The monoisotopic (exact) mass is 522 g/mol. The fraction of sp³-hybridized carbons (Fsp3) is 0.188. The quantitative estimate of drug-likeness (QED) is 0.343. The van der Waals surface area contributed by atoms with E-state index in [1.807, 2.05) is 97.9 Å². The largest absolute Gasteiger partial charge is 0.497 e. The van der Waals surface area contributed by atoms with Gasteiger partial charge in [0.05, 0.1) is 7.11 Å². The predicted octanol–water partition coefficient (Wildman–Crippen LogP) is 5.23. The van der Waals surface area contributed by atoms with Gasteiger partial charge in [0.15, 0.2) is 11.5 Å². The van der Waals surface area contributed by atoms with Crippen molar-refractivity contribution in [2.75, 3.05) is 18.6 Å². The van der Waals surface area contributed by atoms with Crippen molar-refractivity contribution in [1.29, 1.82) is 0 Å². The van der Waals surface area contributed by atoms with E-state index in [2.05, 4.69) is 5.32 Å². The van der Waals surface area contributed by atoms with Gasteiger partial charge in [0.1, 0.15) is 18.4 Å². The second kappa shape index (κ2) is 11.7. The smallest absolute Gasteiger partial charge is 0.272 e. The molecule has 0 spiro atoms. The number of nitrogens with one attached hydrogen (secondary N) is 1. The highest BCUT2D eigenvalue weighted by Gasteiger charge is 2.39. The van der Waals surface area contributed by atoms with Gasteiger partial charge in [-0.2, -0.15) is 0 Å². The molecule has 0 radical (unpaired) electrons. The number of fused-ring (bicyclic) bond motifs is 1. The van der Waals surface area contributed by atoms with Gasteiger partial charge in [0, 0.05) is 12.2 Å². The van der Waals surface area contributed by atoms with Crippen molar-refractivity contribution < 1.29 is 23.8 Å². The standard InChI is InChI=1S/C32H30N2O5/c1-22-12-16-24(17-13-22)30(31(35)33-20-23-14-18-26(37-2)19-15-23)34(25-8-4-3-5-9-25)32(36)29-21-38-27-10-6-7-11-28(27)39-29/h3-19,29-30H,20-21H2,1-2H3,(H,33,35)/t29-,30+/m1/s1. The Kier molecular flexibility index (Phi) is 7.78. The van der Waals surface area contributed by atoms with Gasteiger partial charge < -0.3 is 19.5 Å². The van der Waals surface area contributed by atoms with E-state index in [1.54, 1.807) is 19.2 Å². The second-order valence-electron chi connectivity index (χ2n) is 9.29. The lowest BCUT2D eigenvalue weighted by molar-refractivity contribution is -0.131. The van der Waals surface area contributed by atoms with E-state index in [0.29, 0.717) is 29.3 Å². The summed E-state index contributed by atoms with van der Waals surface area (Å²) in [5, 5.41) is 3.03. The molecule has 5 rings (SSSR count). The number of hydrogen-bond acceptors (Lipinski definition) is 5. The van der Waals surface area contributed by atoms with E-state index in [-0.39, 0.29) is 18.4 Å². The van der Waals surface area contributed by atoms with Gasteiger partial charge in [-0.25, -0.2) is 0 Å². The molecule has 0 fully saturated rings. The van der Waals surface area contributed by atoms with Crippen LogP contribution in [0.1, 0.15) is 22.7 Å². The molecular weight excluding hydrogens is 492 g/mol. The van der Waals surface area contributed by atoms with Crippen LogP contribution in [0.2, 0.25) is 0 Å². The fourth-order valence-corrected chi connectivity index (χ4v) is 4.48. The number of benzene rings is 4. The number of hydrogen-bond donors (Lipinski definition) is 1. The zero-order valence-electron chi connectivity index (χ0n) is 21.9. The van der Waals surface area contributed by atoms with E-state index >= 15 is 0 Å². The summed E-state index contributed by atoms with van der Waals surface area (Å²) in [5.41, 5.74) is 3.22. The van der Waals surface area contributed by atoms with Crippen LogP contribution in [0.15, 0.2) is 103 Å². The van der Waals surface area contributed by atoms with Crippen LogP contribution in [0.4, 0.5) is 5.69 Å². The third-order valence-corrected chi connectivity index (χ3v) is 6.58. The maximum atomic E-state index is 14.2. The van der Waals surface area contributed by atoms with Crippen LogP contribution in [-0.2, 0) is 16.1 Å². The highest BCUT2D eigenvalue weighted by Crippen LogP contribution is 2.34. The first-order valence-corrected chi connectivity index (χ1v) is 12.8. The number of methoxy groups -OCH3 is 1. The molecule has 4 aromatic carbocycles. The van der Waals surface area contributed by atoms with Crippen LogP contribution in [0.5, 0.6) is 17.2 Å². The molecule has 0 saturated heterocycles. The molecule has 0 aliphatic carbocycles. The van der Waals surface area contributed by atoms with E-state index in [4.69, 9.17) is 14.2 Å². The van der Waals surface area contributed by atoms with Gasteiger partial charge in [0.2, 0.25) is 12.0 Å². The van der Waals surface area contributed by atoms with E-state index in [9.17, 15) is 9.59 Å². The van der Waals surface area contributed by atoms with Crippen molar-refractivity contribution >= 4 is 17.5 Å². The number of carbonyl (C=O) groups is 2. The van der Waals surface area contributed by atoms with E-state index in [0.717, 1.165) is 16.9 Å². The number of para-hydroxylation sites is 3. The molecule has 7 heteroatoms. The number of aryl methyl sites for hydroxylation is 1. The topological polar surface area (TPSA) is 77.1 Å². The molecule has 1 aliphatic rings. The minimum Gasteiger partial charge on any atom is -0.497 e. The van der Waals surface area contributed by atoms with E-state index < -0.39 is 12.1 Å². The Bertz CT molecular complexity index is 1420. The number of carbonyl (C=O) groups excluding carboxylic acids is 2. The van der Waals surface area contributed by atoms with Crippen LogP contribution in [-0.4, -0.2) is 31.6 Å². The first-order valence-electron chi connectivity index (χ1n) is 12.8. The number of rotatable bonds is 8. The maximum Gasteiger partial charge on any atom is 0.272 e. The maximum absolute atomic E-state index is 14.2. The molecule has 0 bridgehead atoms. The van der Waals surface area contributed by atoms with Crippen molar-refractivity contribution in [3.63, 3.8) is 0 Å². The molecule has 0 saturated carbocycles. The van der Waals surface area contributed by atoms with Gasteiger partial charge in [-0.15, -0.1) is 0 Å². The Hall–Kier alpha value is -4.78. The number of ether oxygens (including phenoxy) is 3. The third kappa shape index (κ3) is 5.88. The van der Waals surface area contributed by atoms with Crippen molar-refractivity contribution in [1.82, 2.24) is 5.32 Å². The zero-order valence-corrected chi connectivity index (χ0v) is 21.9. The van der Waals surface area contributed by atoms with Crippen LogP contribution in [0.25, 0.3) is 0 Å². The molecular formula is C32H30N2O5. The molecule has 4 aromatic rings. The summed E-state index contributed by atoms with van der Waals surface area (Å²) in [6.45, 7) is 2.30. The molecule has 198 valence electrons. The highest BCUT2D eigenvalue weighted by molar-refractivity contribution is 6.03. The molecule has 7 nitrogen and oxygen atoms in total. The van der Waals surface area contributed by atoms with Gasteiger partial charge >= 0.3 is 0 Å². The lowest BCUT2D eigenvalue weighted by Crippen LogP contribution is -2.51. The molecule has 2 atom stereocenters. The molecule has 1 heterocycles. The normalized spacial score (nSPS) is 14.7. The Morgan fingerprint density at radius 2 is 1.56 bits per heavy atom. The SMILES string of the molecule is COc1ccc(CNC(=O)[C@H](c2ccc(C)cc2)N(C(=O)[C@H]2COc3ccccc3O2)c2ccccc2)cc1. The summed E-state index contributed by atoms with van der Waals surface area (Å²) in [5.74, 6) is 1.12. The first kappa shape index (κ1) is 25.9. The zero-order chi connectivity index (χ0) is 27.2. The summed E-state index contributed by atoms with van der Waals surface area (Å²) in [7, 11) is 1.61. The van der Waals surface area contributed by atoms with Crippen molar-refractivity contribution in [3.05, 3.63) is 120 Å². The van der Waals surface area contributed by atoms with Crippen LogP contribution in [0.3, 0.4) is 0 Å². The minimum atomic E-state index is -0.945. The molecule has 2 amide bonds. The predicted molar refractivity (Wildman–Crippen MR) is 149 cm³/mol. The van der Waals surface area contributed by atoms with Crippen LogP contribution < -0.4 is 24.4 Å². The Balaban J connectivity index is 1.49. The summed E-state index contributed by atoms with van der Waals surface area (Å²) in [6, 6.07) is 30.6. The average Bonchev–Trinajstić information content (AvgIpc) is 2.99. The fourth-order valence-electron chi connectivity index (χ4n) is 4.48. The first-order chi connectivity index (χ1) is 19.0. The number of anilines is 1. The highest BCUT2D eigenvalue weighted by atomic mass is 16.6. The number of amides is 2. The Morgan fingerprint density at radius 3 is 2.26 bits per heavy atom. The average molecular weight is 523 g/mol. The molecule has 39 heavy (non-hydrogen) atoms. The van der Waals surface area contributed by atoms with Gasteiger partial charge in [-0.05, 0) is 54.4 Å². The van der Waals surface area contributed by atoms with Crippen LogP contribution in [0, 0.1) is 6.92 Å². The number of nitrogens with zero attached hydrogens (tertiary/aromatic N) is 1. The van der Waals surface area contributed by atoms with Crippen molar-refractivity contribution in [2.45, 2.75) is 25.6 Å². The van der Waals surface area contributed by atoms with Crippen molar-refractivity contribution in [2.24, 2.45) is 0 Å². The third-order valence-electron chi connectivity index (χ3n) is 6.58. The summed E-state index contributed by atoms with van der Waals surface area (Å²) in [6.07, 6.45) is -0.928. The van der Waals surface area contributed by atoms with E-state index in [1.165, 1.54) is 4.90 Å². The lowest BCUT2D eigenvalue weighted by Gasteiger charge is -2.35. The Morgan fingerprint density at radius 1 is 0.897 bits per heavy atom.